The highest BCUT2D eigenvalue weighted by Crippen LogP contribution is 2.31. The second-order valence-electron chi connectivity index (χ2n) is 6.58. The third-order valence-electron chi connectivity index (χ3n) is 4.38. The molecule has 2 amide bonds. The molecule has 1 atom stereocenters. The van der Waals surface area contributed by atoms with Crippen molar-refractivity contribution in [3.8, 4) is 0 Å². The first-order valence-electron chi connectivity index (χ1n) is 8.93. The monoisotopic (exact) mass is 426 g/mol. The van der Waals surface area contributed by atoms with Crippen LogP contribution in [0.25, 0.3) is 0 Å². The molecule has 1 aliphatic heterocycles. The van der Waals surface area contributed by atoms with Crippen LogP contribution in [0.4, 0.5) is 29.1 Å². The summed E-state index contributed by atoms with van der Waals surface area (Å²) >= 11 is 0. The molecule has 0 unspecified atom stereocenters. The van der Waals surface area contributed by atoms with Crippen LogP contribution >= 0.6 is 0 Å². The number of aromatic nitrogens is 1. The molecule has 1 aromatic carbocycles. The zero-order valence-electron chi connectivity index (χ0n) is 15.8. The normalized spacial score (nSPS) is 16.2. The number of pyridine rings is 1. The van der Waals surface area contributed by atoms with Crippen molar-refractivity contribution >= 4 is 23.3 Å². The second kappa shape index (κ2) is 8.66. The molecule has 0 radical (unpaired) electrons. The van der Waals surface area contributed by atoms with Crippen LogP contribution in [0.5, 0.6) is 0 Å². The van der Waals surface area contributed by atoms with Gasteiger partial charge in [-0.1, -0.05) is 0 Å². The Balaban J connectivity index is 1.92. The number of amides is 2. The average molecular weight is 426 g/mol. The van der Waals surface area contributed by atoms with Gasteiger partial charge in [0.1, 0.15) is 11.6 Å². The Morgan fingerprint density at radius 2 is 1.90 bits per heavy atom. The number of rotatable bonds is 5. The molecular formula is C19H18F4N4O3. The minimum Gasteiger partial charge on any atom is -0.379 e. The van der Waals surface area contributed by atoms with Crippen molar-refractivity contribution in [3.63, 3.8) is 0 Å². The van der Waals surface area contributed by atoms with Crippen LogP contribution < -0.4 is 16.0 Å². The zero-order chi connectivity index (χ0) is 21.9. The Morgan fingerprint density at radius 3 is 2.53 bits per heavy atom. The molecule has 11 heteroatoms. The summed E-state index contributed by atoms with van der Waals surface area (Å²) in [6.07, 6.45) is -2.84. The summed E-state index contributed by atoms with van der Waals surface area (Å²) in [5, 5.41) is 7.88. The second-order valence-corrected chi connectivity index (χ2v) is 6.58. The van der Waals surface area contributed by atoms with E-state index in [9.17, 15) is 27.2 Å². The van der Waals surface area contributed by atoms with E-state index in [4.69, 9.17) is 4.74 Å². The number of anilines is 2. The number of halogens is 4. The predicted molar refractivity (Wildman–Crippen MR) is 99.8 cm³/mol. The molecule has 2 heterocycles. The average Bonchev–Trinajstić information content (AvgIpc) is 3.20. The molecule has 0 spiro atoms. The smallest absolute Gasteiger partial charge is 0.379 e. The third-order valence-corrected chi connectivity index (χ3v) is 4.38. The maximum Gasteiger partial charge on any atom is 0.416 e. The molecule has 1 fully saturated rings. The molecule has 30 heavy (non-hydrogen) atoms. The third kappa shape index (κ3) is 5.03. The van der Waals surface area contributed by atoms with E-state index in [1.54, 1.807) is 0 Å². The Hall–Kier alpha value is -3.21. The predicted octanol–water partition coefficient (Wildman–Crippen LogP) is 3.05. The van der Waals surface area contributed by atoms with Crippen LogP contribution in [0.2, 0.25) is 0 Å². The number of ether oxygens (including phenoxy) is 1. The van der Waals surface area contributed by atoms with Crippen LogP contribution in [0.15, 0.2) is 30.5 Å². The number of alkyl halides is 3. The largest absolute Gasteiger partial charge is 0.416 e. The van der Waals surface area contributed by atoms with Gasteiger partial charge in [-0.05, 0) is 30.7 Å². The standard InChI is InChI=1S/C19H18F4N4O3/c1-24-17(28)11-6-15(16(25-8-11)26-14-2-3-30-9-14)27-18(29)10-4-12(19(21,22)23)7-13(20)5-10/h4-8,14H,2-3,9H2,1H3,(H,24,28)(H,25,26)(H,27,29)/t14-/m1/s1. The lowest BCUT2D eigenvalue weighted by Crippen LogP contribution is -2.23. The highest BCUT2D eigenvalue weighted by Gasteiger charge is 2.32. The number of benzene rings is 1. The van der Waals surface area contributed by atoms with Gasteiger partial charge >= 0.3 is 6.18 Å². The van der Waals surface area contributed by atoms with Crippen LogP contribution in [0, 0.1) is 5.82 Å². The molecule has 3 rings (SSSR count). The number of carbonyl (C=O) groups is 2. The van der Waals surface area contributed by atoms with Crippen molar-refractivity contribution in [2.75, 3.05) is 30.9 Å². The highest BCUT2D eigenvalue weighted by atomic mass is 19.4. The Kier molecular flexibility index (Phi) is 6.20. The van der Waals surface area contributed by atoms with E-state index in [2.05, 4.69) is 20.9 Å². The molecule has 1 aromatic heterocycles. The first-order valence-corrected chi connectivity index (χ1v) is 8.93. The fourth-order valence-corrected chi connectivity index (χ4v) is 2.86. The summed E-state index contributed by atoms with van der Waals surface area (Å²) in [6, 6.07) is 2.78. The molecule has 160 valence electrons. The SMILES string of the molecule is CNC(=O)c1cnc(N[C@@H]2CCOC2)c(NC(=O)c2cc(F)cc(C(F)(F)F)c2)c1. The zero-order valence-corrected chi connectivity index (χ0v) is 15.8. The fourth-order valence-electron chi connectivity index (χ4n) is 2.86. The van der Waals surface area contributed by atoms with Gasteiger partial charge < -0.3 is 20.7 Å². The van der Waals surface area contributed by atoms with Gasteiger partial charge in [-0.2, -0.15) is 13.2 Å². The summed E-state index contributed by atoms with van der Waals surface area (Å²) in [5.74, 6) is -2.45. The summed E-state index contributed by atoms with van der Waals surface area (Å²) in [7, 11) is 1.41. The molecule has 2 aromatic rings. The first kappa shape index (κ1) is 21.5. The molecule has 1 saturated heterocycles. The van der Waals surface area contributed by atoms with E-state index in [-0.39, 0.29) is 23.1 Å². The van der Waals surface area contributed by atoms with E-state index in [0.717, 1.165) is 0 Å². The number of nitrogens with one attached hydrogen (secondary N) is 3. The van der Waals surface area contributed by atoms with Crippen LogP contribution in [-0.2, 0) is 10.9 Å². The van der Waals surface area contributed by atoms with Crippen LogP contribution in [0.3, 0.4) is 0 Å². The number of nitrogens with zero attached hydrogens (tertiary/aromatic N) is 1. The molecule has 0 saturated carbocycles. The van der Waals surface area contributed by atoms with Gasteiger partial charge in [0.05, 0.1) is 29.5 Å². The van der Waals surface area contributed by atoms with Gasteiger partial charge in [0.2, 0.25) is 0 Å². The number of hydrogen-bond donors (Lipinski definition) is 3. The molecule has 0 bridgehead atoms. The molecular weight excluding hydrogens is 408 g/mol. The minimum atomic E-state index is -4.81. The lowest BCUT2D eigenvalue weighted by atomic mass is 10.1. The van der Waals surface area contributed by atoms with Crippen molar-refractivity contribution in [2.45, 2.75) is 18.6 Å². The quantitative estimate of drug-likeness (QED) is 0.640. The van der Waals surface area contributed by atoms with Gasteiger partial charge in [0.25, 0.3) is 11.8 Å². The number of hydrogen-bond acceptors (Lipinski definition) is 5. The molecule has 1 aliphatic rings. The summed E-state index contributed by atoms with van der Waals surface area (Å²) in [4.78, 5) is 28.6. The summed E-state index contributed by atoms with van der Waals surface area (Å²) in [5.41, 5.74) is -1.63. The van der Waals surface area contributed by atoms with Crippen molar-refractivity contribution in [1.82, 2.24) is 10.3 Å². The molecule has 7 nitrogen and oxygen atoms in total. The van der Waals surface area contributed by atoms with Crippen molar-refractivity contribution < 1.29 is 31.9 Å². The van der Waals surface area contributed by atoms with E-state index < -0.39 is 34.9 Å². The lowest BCUT2D eigenvalue weighted by molar-refractivity contribution is -0.137. The van der Waals surface area contributed by atoms with E-state index in [0.29, 0.717) is 37.8 Å². The van der Waals surface area contributed by atoms with E-state index in [1.165, 1.54) is 19.3 Å². The maximum atomic E-state index is 13.7. The number of carbonyl (C=O) groups excluding carboxylic acids is 2. The summed E-state index contributed by atoms with van der Waals surface area (Å²) < 4.78 is 57.7. The summed E-state index contributed by atoms with van der Waals surface area (Å²) in [6.45, 7) is 0.949. The first-order chi connectivity index (χ1) is 14.2. The van der Waals surface area contributed by atoms with Crippen molar-refractivity contribution in [2.24, 2.45) is 0 Å². The Bertz CT molecular complexity index is 959. The van der Waals surface area contributed by atoms with Crippen LogP contribution in [0.1, 0.15) is 32.7 Å². The Labute approximate surface area is 168 Å². The fraction of sp³-hybridized carbons (Fsp3) is 0.316. The topological polar surface area (TPSA) is 92.3 Å². The van der Waals surface area contributed by atoms with Gasteiger partial charge in [0, 0.05) is 25.4 Å². The van der Waals surface area contributed by atoms with Crippen LogP contribution in [-0.4, -0.2) is 43.1 Å². The van der Waals surface area contributed by atoms with Gasteiger partial charge in [-0.25, -0.2) is 9.37 Å². The Morgan fingerprint density at radius 1 is 1.13 bits per heavy atom. The lowest BCUT2D eigenvalue weighted by Gasteiger charge is -2.17. The minimum absolute atomic E-state index is 0.0609. The van der Waals surface area contributed by atoms with E-state index in [1.807, 2.05) is 0 Å². The van der Waals surface area contributed by atoms with Gasteiger partial charge in [-0.3, -0.25) is 9.59 Å². The van der Waals surface area contributed by atoms with Gasteiger partial charge in [0.15, 0.2) is 0 Å². The molecule has 0 aliphatic carbocycles. The van der Waals surface area contributed by atoms with Gasteiger partial charge in [-0.15, -0.1) is 0 Å². The van der Waals surface area contributed by atoms with E-state index >= 15 is 0 Å². The van der Waals surface area contributed by atoms with Crippen molar-refractivity contribution in [1.29, 1.82) is 0 Å². The highest BCUT2D eigenvalue weighted by molar-refractivity contribution is 6.06. The van der Waals surface area contributed by atoms with Crippen molar-refractivity contribution in [3.05, 3.63) is 53.0 Å². The maximum absolute atomic E-state index is 13.7. The molecule has 3 N–H and O–H groups in total.